The van der Waals surface area contributed by atoms with Crippen molar-refractivity contribution >= 4 is 34.9 Å². The molecule has 0 spiro atoms. The Morgan fingerprint density at radius 2 is 1.79 bits per heavy atom. The Hall–Kier alpha value is -1.83. The van der Waals surface area contributed by atoms with E-state index in [-0.39, 0.29) is 17.9 Å². The molecule has 1 atom stereocenters. The molecule has 1 unspecified atom stereocenters. The standard InChI is InChI=1S/C26H35N3O2S2/c30-25(27-17-20-9-2-1-3-10-20)19-33-23-12-5-4-11-21(23)26(31)28-18-22(24-13-8-16-32-24)29-14-6-7-15-29/h4-5,8,11-13,16,20,22H,1-3,6-7,9-10,14-15,17-19H2,(H,27,30)(H,28,31). The fraction of sp³-hybridized carbons (Fsp3) is 0.538. The number of thioether (sulfide) groups is 1. The number of nitrogens with one attached hydrogen (secondary N) is 2. The second-order valence-electron chi connectivity index (χ2n) is 9.08. The van der Waals surface area contributed by atoms with Crippen molar-refractivity contribution in [1.82, 2.24) is 15.5 Å². The van der Waals surface area contributed by atoms with Crippen LogP contribution in [-0.2, 0) is 4.79 Å². The molecular weight excluding hydrogens is 450 g/mol. The summed E-state index contributed by atoms with van der Waals surface area (Å²) in [5.74, 6) is 0.939. The number of hydrogen-bond donors (Lipinski definition) is 2. The number of hydrogen-bond acceptors (Lipinski definition) is 5. The molecule has 1 aromatic carbocycles. The molecule has 0 radical (unpaired) electrons. The minimum absolute atomic E-state index is 0.0487. The maximum atomic E-state index is 13.1. The lowest BCUT2D eigenvalue weighted by molar-refractivity contribution is -0.118. The van der Waals surface area contributed by atoms with Crippen molar-refractivity contribution in [2.75, 3.05) is 31.9 Å². The van der Waals surface area contributed by atoms with Gasteiger partial charge in [-0.2, -0.15) is 0 Å². The first kappa shape index (κ1) is 24.3. The van der Waals surface area contributed by atoms with E-state index in [1.165, 1.54) is 61.6 Å². The molecule has 2 aromatic rings. The van der Waals surface area contributed by atoms with Gasteiger partial charge in [0.25, 0.3) is 5.91 Å². The molecule has 5 nitrogen and oxygen atoms in total. The van der Waals surface area contributed by atoms with E-state index in [0.717, 1.165) is 24.5 Å². The Balaban J connectivity index is 1.30. The summed E-state index contributed by atoms with van der Waals surface area (Å²) in [5.41, 5.74) is 0.647. The van der Waals surface area contributed by atoms with Crippen LogP contribution in [0.25, 0.3) is 0 Å². The number of amides is 2. The van der Waals surface area contributed by atoms with Crippen molar-refractivity contribution in [3.63, 3.8) is 0 Å². The number of thiophene rings is 1. The quantitative estimate of drug-likeness (QED) is 0.460. The SMILES string of the molecule is O=C(CSc1ccccc1C(=O)NCC(c1cccs1)N1CCCC1)NCC1CCCCC1. The summed E-state index contributed by atoms with van der Waals surface area (Å²) >= 11 is 3.20. The van der Waals surface area contributed by atoms with E-state index in [9.17, 15) is 9.59 Å². The predicted octanol–water partition coefficient (Wildman–Crippen LogP) is 5.10. The van der Waals surface area contributed by atoms with Crippen LogP contribution in [-0.4, -0.2) is 48.6 Å². The van der Waals surface area contributed by atoms with Crippen LogP contribution < -0.4 is 10.6 Å². The second-order valence-corrected chi connectivity index (χ2v) is 11.1. The minimum Gasteiger partial charge on any atom is -0.355 e. The van der Waals surface area contributed by atoms with Crippen LogP contribution in [0.4, 0.5) is 0 Å². The number of rotatable bonds is 10. The van der Waals surface area contributed by atoms with Crippen LogP contribution in [0.3, 0.4) is 0 Å². The van der Waals surface area contributed by atoms with Gasteiger partial charge in [-0.05, 0) is 68.3 Å². The van der Waals surface area contributed by atoms with Gasteiger partial charge in [0.1, 0.15) is 0 Å². The Morgan fingerprint density at radius 1 is 1.00 bits per heavy atom. The van der Waals surface area contributed by atoms with Gasteiger partial charge in [0.15, 0.2) is 0 Å². The van der Waals surface area contributed by atoms with E-state index in [2.05, 4.69) is 33.0 Å². The van der Waals surface area contributed by atoms with Gasteiger partial charge in [0.05, 0.1) is 17.4 Å². The van der Waals surface area contributed by atoms with Gasteiger partial charge in [-0.3, -0.25) is 14.5 Å². The van der Waals surface area contributed by atoms with E-state index in [4.69, 9.17) is 0 Å². The first-order valence-electron chi connectivity index (χ1n) is 12.2. The zero-order valence-electron chi connectivity index (χ0n) is 19.3. The Kier molecular flexibility index (Phi) is 9.26. The molecule has 2 heterocycles. The Morgan fingerprint density at radius 3 is 2.55 bits per heavy atom. The number of carbonyl (C=O) groups is 2. The molecule has 2 N–H and O–H groups in total. The van der Waals surface area contributed by atoms with Gasteiger partial charge >= 0.3 is 0 Å². The molecule has 178 valence electrons. The van der Waals surface area contributed by atoms with E-state index in [0.29, 0.717) is 23.8 Å². The summed E-state index contributed by atoms with van der Waals surface area (Å²) in [7, 11) is 0. The van der Waals surface area contributed by atoms with Gasteiger partial charge in [-0.15, -0.1) is 23.1 Å². The topological polar surface area (TPSA) is 61.4 Å². The number of nitrogens with zero attached hydrogens (tertiary/aromatic N) is 1. The second kappa shape index (κ2) is 12.6. The van der Waals surface area contributed by atoms with Gasteiger partial charge in [-0.1, -0.05) is 37.5 Å². The van der Waals surface area contributed by atoms with Crippen LogP contribution in [0.5, 0.6) is 0 Å². The molecule has 1 aromatic heterocycles. The highest BCUT2D eigenvalue weighted by molar-refractivity contribution is 8.00. The Labute approximate surface area is 205 Å². The van der Waals surface area contributed by atoms with E-state index in [1.807, 2.05) is 24.3 Å². The fourth-order valence-electron chi connectivity index (χ4n) is 4.85. The highest BCUT2D eigenvalue weighted by Crippen LogP contribution is 2.28. The van der Waals surface area contributed by atoms with E-state index < -0.39 is 0 Å². The van der Waals surface area contributed by atoms with Crippen LogP contribution in [0.15, 0.2) is 46.7 Å². The summed E-state index contributed by atoms with van der Waals surface area (Å²) in [6.45, 7) is 3.55. The normalized spacial score (nSPS) is 18.2. The molecule has 1 aliphatic heterocycles. The average Bonchev–Trinajstić information content (AvgIpc) is 3.58. The minimum atomic E-state index is -0.0681. The maximum absolute atomic E-state index is 13.1. The summed E-state index contributed by atoms with van der Waals surface area (Å²) in [6.07, 6.45) is 8.77. The molecule has 2 amide bonds. The Bertz CT molecular complexity index is 891. The van der Waals surface area contributed by atoms with Crippen LogP contribution >= 0.6 is 23.1 Å². The van der Waals surface area contributed by atoms with Gasteiger partial charge in [0.2, 0.25) is 5.91 Å². The smallest absolute Gasteiger partial charge is 0.252 e. The molecule has 4 rings (SSSR count). The molecule has 2 fully saturated rings. The summed E-state index contributed by atoms with van der Waals surface area (Å²) in [5, 5.41) is 8.37. The molecule has 0 bridgehead atoms. The number of carbonyl (C=O) groups excluding carboxylic acids is 2. The van der Waals surface area contributed by atoms with Crippen molar-refractivity contribution in [2.45, 2.75) is 55.9 Å². The molecule has 33 heavy (non-hydrogen) atoms. The highest BCUT2D eigenvalue weighted by Gasteiger charge is 2.25. The summed E-state index contributed by atoms with van der Waals surface area (Å²) in [6, 6.07) is 12.1. The van der Waals surface area contributed by atoms with Gasteiger partial charge in [-0.25, -0.2) is 0 Å². The lowest BCUT2D eigenvalue weighted by Crippen LogP contribution is -2.36. The molecule has 2 aliphatic rings. The lowest BCUT2D eigenvalue weighted by Gasteiger charge is -2.27. The first-order chi connectivity index (χ1) is 16.2. The molecule has 7 heteroatoms. The van der Waals surface area contributed by atoms with Gasteiger partial charge in [0, 0.05) is 22.9 Å². The van der Waals surface area contributed by atoms with Crippen molar-refractivity contribution in [3.05, 3.63) is 52.2 Å². The fourth-order valence-corrected chi connectivity index (χ4v) is 6.59. The van der Waals surface area contributed by atoms with E-state index >= 15 is 0 Å². The first-order valence-corrected chi connectivity index (χ1v) is 14.1. The van der Waals surface area contributed by atoms with Crippen LogP contribution in [0.1, 0.15) is 66.2 Å². The van der Waals surface area contributed by atoms with Crippen molar-refractivity contribution < 1.29 is 9.59 Å². The molecule has 1 aliphatic carbocycles. The third-order valence-corrected chi connectivity index (χ3v) is 8.76. The third kappa shape index (κ3) is 7.08. The van der Waals surface area contributed by atoms with Crippen molar-refractivity contribution in [3.8, 4) is 0 Å². The molecule has 1 saturated carbocycles. The molecule has 1 saturated heterocycles. The van der Waals surface area contributed by atoms with Crippen molar-refractivity contribution in [1.29, 1.82) is 0 Å². The maximum Gasteiger partial charge on any atom is 0.252 e. The monoisotopic (exact) mass is 485 g/mol. The summed E-state index contributed by atoms with van der Waals surface area (Å²) in [4.78, 5) is 30.1. The number of likely N-dealkylation sites (tertiary alicyclic amines) is 1. The summed E-state index contributed by atoms with van der Waals surface area (Å²) < 4.78 is 0. The van der Waals surface area contributed by atoms with Crippen LogP contribution in [0, 0.1) is 5.92 Å². The zero-order valence-corrected chi connectivity index (χ0v) is 20.9. The van der Waals surface area contributed by atoms with Crippen molar-refractivity contribution in [2.24, 2.45) is 5.92 Å². The lowest BCUT2D eigenvalue weighted by atomic mass is 9.89. The predicted molar refractivity (Wildman–Crippen MR) is 137 cm³/mol. The van der Waals surface area contributed by atoms with E-state index in [1.54, 1.807) is 11.3 Å². The van der Waals surface area contributed by atoms with Gasteiger partial charge < -0.3 is 10.6 Å². The zero-order chi connectivity index (χ0) is 22.9. The van der Waals surface area contributed by atoms with Crippen LogP contribution in [0.2, 0.25) is 0 Å². The molecular formula is C26H35N3O2S2. The largest absolute Gasteiger partial charge is 0.355 e. The third-order valence-electron chi connectivity index (χ3n) is 6.71. The highest BCUT2D eigenvalue weighted by atomic mass is 32.2. The number of benzene rings is 1. The average molecular weight is 486 g/mol.